The largest absolute Gasteiger partial charge is 0.339 e. The van der Waals surface area contributed by atoms with Gasteiger partial charge in [-0.25, -0.2) is 4.79 Å². The van der Waals surface area contributed by atoms with Crippen LogP contribution >= 0.6 is 0 Å². The van der Waals surface area contributed by atoms with Crippen molar-refractivity contribution in [2.24, 2.45) is 5.92 Å². The number of hydrogen-bond donors (Lipinski definition) is 3. The summed E-state index contributed by atoms with van der Waals surface area (Å²) in [6, 6.07) is 14.6. The van der Waals surface area contributed by atoms with E-state index in [1.807, 2.05) is 45.9 Å². The molecule has 1 atom stereocenters. The lowest BCUT2D eigenvalue weighted by molar-refractivity contribution is -0.118. The van der Waals surface area contributed by atoms with Crippen molar-refractivity contribution >= 4 is 29.2 Å². The van der Waals surface area contributed by atoms with E-state index in [4.69, 9.17) is 0 Å². The van der Waals surface area contributed by atoms with Crippen LogP contribution in [0.2, 0.25) is 0 Å². The lowest BCUT2D eigenvalue weighted by Gasteiger charge is -2.22. The molecule has 2 rings (SSSR count). The van der Waals surface area contributed by atoms with Gasteiger partial charge in [-0.15, -0.1) is 0 Å². The quantitative estimate of drug-likeness (QED) is 0.615. The highest BCUT2D eigenvalue weighted by Crippen LogP contribution is 2.15. The molecule has 0 aromatic heterocycles. The molecule has 0 aliphatic heterocycles. The summed E-state index contributed by atoms with van der Waals surface area (Å²) >= 11 is 0. The first-order chi connectivity index (χ1) is 14.3. The van der Waals surface area contributed by atoms with Gasteiger partial charge in [0.15, 0.2) is 0 Å². The molecule has 2 aromatic carbocycles. The Balaban J connectivity index is 2.07. The molecule has 0 radical (unpaired) electrons. The predicted octanol–water partition coefficient (Wildman–Crippen LogP) is 3.95. The van der Waals surface area contributed by atoms with E-state index < -0.39 is 12.1 Å². The first-order valence-corrected chi connectivity index (χ1v) is 10.2. The maximum atomic E-state index is 12.8. The van der Waals surface area contributed by atoms with Crippen molar-refractivity contribution in [2.45, 2.75) is 33.7 Å². The molecule has 0 saturated carbocycles. The Morgan fingerprint density at radius 2 is 1.50 bits per heavy atom. The van der Waals surface area contributed by atoms with Crippen LogP contribution in [0.25, 0.3) is 0 Å². The first-order valence-electron chi connectivity index (χ1n) is 10.2. The third-order valence-corrected chi connectivity index (χ3v) is 4.70. The zero-order valence-corrected chi connectivity index (χ0v) is 17.9. The summed E-state index contributed by atoms with van der Waals surface area (Å²) < 4.78 is 0. The van der Waals surface area contributed by atoms with E-state index in [-0.39, 0.29) is 17.7 Å². The number of carbonyl (C=O) groups excluding carboxylic acids is 3. The van der Waals surface area contributed by atoms with Crippen LogP contribution < -0.4 is 16.0 Å². The van der Waals surface area contributed by atoms with Gasteiger partial charge < -0.3 is 20.9 Å². The van der Waals surface area contributed by atoms with Gasteiger partial charge >= 0.3 is 6.03 Å². The van der Waals surface area contributed by atoms with Crippen molar-refractivity contribution in [3.05, 3.63) is 60.2 Å². The van der Waals surface area contributed by atoms with Crippen LogP contribution in [-0.4, -0.2) is 41.9 Å². The van der Waals surface area contributed by atoms with Gasteiger partial charge in [-0.05, 0) is 50.1 Å². The molecule has 4 amide bonds. The number of rotatable bonds is 8. The summed E-state index contributed by atoms with van der Waals surface area (Å²) in [5.74, 6) is -0.565. The van der Waals surface area contributed by atoms with E-state index in [9.17, 15) is 14.4 Å². The highest BCUT2D eigenvalue weighted by molar-refractivity contribution is 6.01. The van der Waals surface area contributed by atoms with Gasteiger partial charge in [0.2, 0.25) is 5.91 Å². The molecule has 3 N–H and O–H groups in total. The Morgan fingerprint density at radius 1 is 0.867 bits per heavy atom. The fraction of sp³-hybridized carbons (Fsp3) is 0.348. The molecule has 160 valence electrons. The summed E-state index contributed by atoms with van der Waals surface area (Å²) in [7, 11) is 0. The Kier molecular flexibility index (Phi) is 8.41. The number of amides is 4. The van der Waals surface area contributed by atoms with Gasteiger partial charge in [-0.1, -0.05) is 38.1 Å². The highest BCUT2D eigenvalue weighted by Gasteiger charge is 2.24. The van der Waals surface area contributed by atoms with Crippen molar-refractivity contribution in [1.29, 1.82) is 0 Å². The summed E-state index contributed by atoms with van der Waals surface area (Å²) in [4.78, 5) is 39.4. The van der Waals surface area contributed by atoms with Gasteiger partial charge in [0.1, 0.15) is 6.04 Å². The van der Waals surface area contributed by atoms with Crippen LogP contribution in [0.1, 0.15) is 38.1 Å². The van der Waals surface area contributed by atoms with Crippen molar-refractivity contribution in [1.82, 2.24) is 10.2 Å². The van der Waals surface area contributed by atoms with Crippen LogP contribution in [0.3, 0.4) is 0 Å². The van der Waals surface area contributed by atoms with Crippen molar-refractivity contribution < 1.29 is 14.4 Å². The normalized spacial score (nSPS) is 11.5. The number of anilines is 2. The Bertz CT molecular complexity index is 864. The Labute approximate surface area is 177 Å². The minimum Gasteiger partial charge on any atom is -0.339 e. The Morgan fingerprint density at radius 3 is 2.10 bits per heavy atom. The fourth-order valence-corrected chi connectivity index (χ4v) is 3.01. The van der Waals surface area contributed by atoms with Crippen LogP contribution in [-0.2, 0) is 4.79 Å². The lowest BCUT2D eigenvalue weighted by atomic mass is 10.0. The topological polar surface area (TPSA) is 90.5 Å². The smallest absolute Gasteiger partial charge is 0.319 e. The second kappa shape index (κ2) is 11.0. The second-order valence-electron chi connectivity index (χ2n) is 7.23. The minimum atomic E-state index is -0.740. The van der Waals surface area contributed by atoms with E-state index >= 15 is 0 Å². The molecule has 0 spiro atoms. The molecule has 30 heavy (non-hydrogen) atoms. The van der Waals surface area contributed by atoms with Gasteiger partial charge in [0.05, 0.1) is 0 Å². The SMILES string of the molecule is CCN(CC)C(=O)c1cccc(NC(=O)[C@@H](NC(=O)Nc2ccccc2)C(C)C)c1. The number of hydrogen-bond acceptors (Lipinski definition) is 3. The monoisotopic (exact) mass is 410 g/mol. The van der Waals surface area contributed by atoms with Crippen LogP contribution in [0.15, 0.2) is 54.6 Å². The Hall–Kier alpha value is -3.35. The molecule has 7 nitrogen and oxygen atoms in total. The van der Waals surface area contributed by atoms with Crippen LogP contribution in [0.5, 0.6) is 0 Å². The number of nitrogens with zero attached hydrogens (tertiary/aromatic N) is 1. The molecule has 0 heterocycles. The number of nitrogens with one attached hydrogen (secondary N) is 3. The van der Waals surface area contributed by atoms with Crippen molar-refractivity contribution in [2.75, 3.05) is 23.7 Å². The molecular weight excluding hydrogens is 380 g/mol. The van der Waals surface area contributed by atoms with E-state index in [0.717, 1.165) is 0 Å². The maximum absolute atomic E-state index is 12.8. The van der Waals surface area contributed by atoms with E-state index in [1.54, 1.807) is 41.3 Å². The molecule has 2 aromatic rings. The van der Waals surface area contributed by atoms with E-state index in [1.165, 1.54) is 0 Å². The van der Waals surface area contributed by atoms with Gasteiger partial charge in [0, 0.05) is 30.0 Å². The van der Waals surface area contributed by atoms with Gasteiger partial charge in [-0.2, -0.15) is 0 Å². The molecule has 0 fully saturated rings. The van der Waals surface area contributed by atoms with Crippen molar-refractivity contribution in [3.8, 4) is 0 Å². The van der Waals surface area contributed by atoms with Crippen molar-refractivity contribution in [3.63, 3.8) is 0 Å². The van der Waals surface area contributed by atoms with Crippen LogP contribution in [0, 0.1) is 5.92 Å². The summed E-state index contributed by atoms with van der Waals surface area (Å²) in [6.45, 7) is 8.78. The van der Waals surface area contributed by atoms with Gasteiger partial charge in [-0.3, -0.25) is 9.59 Å². The highest BCUT2D eigenvalue weighted by atomic mass is 16.2. The molecule has 0 aliphatic rings. The lowest BCUT2D eigenvalue weighted by Crippen LogP contribution is -2.48. The zero-order chi connectivity index (χ0) is 22.1. The average Bonchev–Trinajstić information content (AvgIpc) is 2.73. The average molecular weight is 411 g/mol. The number of urea groups is 1. The van der Waals surface area contributed by atoms with E-state index in [0.29, 0.717) is 30.0 Å². The molecule has 0 unspecified atom stereocenters. The fourth-order valence-electron chi connectivity index (χ4n) is 3.01. The molecular formula is C23H30N4O3. The molecule has 0 aliphatic carbocycles. The van der Waals surface area contributed by atoms with Crippen LogP contribution in [0.4, 0.5) is 16.2 Å². The molecule has 0 bridgehead atoms. The summed E-state index contributed by atoms with van der Waals surface area (Å²) in [5, 5.41) is 8.25. The number of para-hydroxylation sites is 1. The summed E-state index contributed by atoms with van der Waals surface area (Å²) in [6.07, 6.45) is 0. The maximum Gasteiger partial charge on any atom is 0.319 e. The first kappa shape index (κ1) is 22.9. The minimum absolute atomic E-state index is 0.0862. The predicted molar refractivity (Wildman–Crippen MR) is 120 cm³/mol. The number of carbonyl (C=O) groups is 3. The zero-order valence-electron chi connectivity index (χ0n) is 17.9. The standard InChI is InChI=1S/C23H30N4O3/c1-5-27(6-2)22(29)17-11-10-14-19(15-17)24-21(28)20(16(3)4)26-23(30)25-18-12-8-7-9-13-18/h7-16,20H,5-6H2,1-4H3,(H,24,28)(H2,25,26,30)/t20-/m0/s1. The number of benzene rings is 2. The second-order valence-corrected chi connectivity index (χ2v) is 7.23. The summed E-state index contributed by atoms with van der Waals surface area (Å²) in [5.41, 5.74) is 1.65. The van der Waals surface area contributed by atoms with Gasteiger partial charge in [0.25, 0.3) is 5.91 Å². The van der Waals surface area contributed by atoms with E-state index in [2.05, 4.69) is 16.0 Å². The third-order valence-electron chi connectivity index (χ3n) is 4.70. The molecule has 7 heteroatoms. The molecule has 0 saturated heterocycles. The third kappa shape index (κ3) is 6.34.